The van der Waals surface area contributed by atoms with Gasteiger partial charge in [0.15, 0.2) is 0 Å². The van der Waals surface area contributed by atoms with E-state index in [0.29, 0.717) is 22.9 Å². The molecule has 9 heteroatoms. The van der Waals surface area contributed by atoms with Crippen LogP contribution in [0.3, 0.4) is 0 Å². The zero-order chi connectivity index (χ0) is 18.4. The van der Waals surface area contributed by atoms with Crippen LogP contribution in [0, 0.1) is 18.3 Å². The van der Waals surface area contributed by atoms with Crippen LogP contribution in [0.1, 0.15) is 11.3 Å². The van der Waals surface area contributed by atoms with Crippen molar-refractivity contribution in [3.63, 3.8) is 0 Å². The number of aryl methyl sites for hydroxylation is 1. The predicted molar refractivity (Wildman–Crippen MR) is 93.2 cm³/mol. The molecule has 0 bridgehead atoms. The van der Waals surface area contributed by atoms with E-state index in [1.807, 2.05) is 6.07 Å². The van der Waals surface area contributed by atoms with Gasteiger partial charge in [0, 0.05) is 29.6 Å². The molecule has 1 aromatic heterocycles. The number of H-pyrrole nitrogens is 1. The number of anilines is 1. The Morgan fingerprint density at radius 1 is 1.32 bits per heavy atom. The highest BCUT2D eigenvalue weighted by molar-refractivity contribution is 8.00. The van der Waals surface area contributed by atoms with Gasteiger partial charge < -0.3 is 19.8 Å². The number of carbonyl (C=O) groups is 1. The number of benzene rings is 1. The summed E-state index contributed by atoms with van der Waals surface area (Å²) in [7, 11) is 3.03. The smallest absolute Gasteiger partial charge is 0.346 e. The highest BCUT2D eigenvalue weighted by Crippen LogP contribution is 2.26. The first-order valence-electron chi connectivity index (χ1n) is 7.13. The van der Waals surface area contributed by atoms with E-state index in [4.69, 9.17) is 14.7 Å². The molecule has 0 unspecified atom stereocenters. The third kappa shape index (κ3) is 4.74. The van der Waals surface area contributed by atoms with Gasteiger partial charge in [-0.25, -0.2) is 4.79 Å². The van der Waals surface area contributed by atoms with Gasteiger partial charge in [-0.2, -0.15) is 10.2 Å². The molecule has 0 atom stereocenters. The van der Waals surface area contributed by atoms with E-state index in [-0.39, 0.29) is 22.2 Å². The van der Waals surface area contributed by atoms with Crippen molar-refractivity contribution in [2.75, 3.05) is 25.3 Å². The minimum Gasteiger partial charge on any atom is -0.497 e. The number of hydrogen-bond acceptors (Lipinski definition) is 7. The maximum Gasteiger partial charge on any atom is 0.346 e. The highest BCUT2D eigenvalue weighted by atomic mass is 32.2. The summed E-state index contributed by atoms with van der Waals surface area (Å²) < 4.78 is 10.3. The summed E-state index contributed by atoms with van der Waals surface area (Å²) in [5.74, 6) is 0.759. The van der Waals surface area contributed by atoms with Gasteiger partial charge in [0.2, 0.25) is 5.91 Å². The molecule has 0 saturated carbocycles. The lowest BCUT2D eigenvalue weighted by Crippen LogP contribution is -2.17. The second-order valence-corrected chi connectivity index (χ2v) is 5.86. The molecule has 130 valence electrons. The van der Waals surface area contributed by atoms with E-state index >= 15 is 0 Å². The molecule has 25 heavy (non-hydrogen) atoms. The Kier molecular flexibility index (Phi) is 6.03. The molecule has 1 heterocycles. The summed E-state index contributed by atoms with van der Waals surface area (Å²) in [4.78, 5) is 29.8. The van der Waals surface area contributed by atoms with Gasteiger partial charge in [-0.15, -0.1) is 0 Å². The number of rotatable bonds is 6. The topological polar surface area (TPSA) is 117 Å². The monoisotopic (exact) mass is 360 g/mol. The SMILES string of the molecule is COc1cc(NC(=O)CSc2nc(=O)[nH]c(C)c2C#N)cc(OC)c1. The summed E-state index contributed by atoms with van der Waals surface area (Å²) in [6.45, 7) is 1.61. The fourth-order valence-electron chi connectivity index (χ4n) is 2.01. The standard InChI is InChI=1S/C16H16N4O4S/c1-9-13(7-17)15(20-16(22)18-9)25-8-14(21)19-10-4-11(23-2)6-12(5-10)24-3/h4-6H,8H2,1-3H3,(H,19,21)(H,18,20,22). The summed E-state index contributed by atoms with van der Waals surface area (Å²) in [6.07, 6.45) is 0. The maximum atomic E-state index is 12.1. The van der Waals surface area contributed by atoms with Crippen LogP contribution < -0.4 is 20.5 Å². The molecule has 2 aromatic rings. The van der Waals surface area contributed by atoms with E-state index in [9.17, 15) is 9.59 Å². The van der Waals surface area contributed by atoms with Crippen molar-refractivity contribution in [3.8, 4) is 17.6 Å². The second kappa shape index (κ2) is 8.21. The Labute approximate surface area is 148 Å². The molecule has 0 fully saturated rings. The maximum absolute atomic E-state index is 12.1. The molecule has 1 amide bonds. The number of thioether (sulfide) groups is 1. The fourth-order valence-corrected chi connectivity index (χ4v) is 2.84. The number of hydrogen-bond donors (Lipinski definition) is 2. The quantitative estimate of drug-likeness (QED) is 0.595. The van der Waals surface area contributed by atoms with Crippen LogP contribution in [-0.4, -0.2) is 35.8 Å². The zero-order valence-corrected chi connectivity index (χ0v) is 14.7. The van der Waals surface area contributed by atoms with Gasteiger partial charge in [0.05, 0.1) is 20.0 Å². The molecule has 0 aliphatic rings. The third-order valence-corrected chi connectivity index (χ3v) is 4.15. The normalized spacial score (nSPS) is 10.0. The van der Waals surface area contributed by atoms with E-state index in [2.05, 4.69) is 15.3 Å². The number of aromatic nitrogens is 2. The Bertz CT molecular complexity index is 866. The second-order valence-electron chi connectivity index (χ2n) is 4.90. The summed E-state index contributed by atoms with van der Waals surface area (Å²) >= 11 is 1.02. The molecule has 2 rings (SSSR count). The fraction of sp³-hybridized carbons (Fsp3) is 0.250. The number of methoxy groups -OCH3 is 2. The lowest BCUT2D eigenvalue weighted by atomic mass is 10.2. The molecular weight excluding hydrogens is 344 g/mol. The molecule has 1 aromatic carbocycles. The molecule has 0 radical (unpaired) electrons. The summed E-state index contributed by atoms with van der Waals surface area (Å²) in [5, 5.41) is 12.1. The first kappa shape index (κ1) is 18.4. The Morgan fingerprint density at radius 2 is 1.96 bits per heavy atom. The lowest BCUT2D eigenvalue weighted by Gasteiger charge is -2.10. The van der Waals surface area contributed by atoms with E-state index in [1.165, 1.54) is 14.2 Å². The van der Waals surface area contributed by atoms with Crippen molar-refractivity contribution in [1.29, 1.82) is 5.26 Å². The Balaban J connectivity index is 2.10. The number of nitrogens with one attached hydrogen (secondary N) is 2. The number of nitriles is 1. The zero-order valence-electron chi connectivity index (χ0n) is 13.9. The minimum absolute atomic E-state index is 0.00982. The Morgan fingerprint density at radius 3 is 2.52 bits per heavy atom. The molecule has 8 nitrogen and oxygen atoms in total. The first-order valence-corrected chi connectivity index (χ1v) is 8.12. The number of amides is 1. The van der Waals surface area contributed by atoms with Crippen LogP contribution >= 0.6 is 11.8 Å². The average molecular weight is 360 g/mol. The Hall–Kier alpha value is -2.99. The number of ether oxygens (including phenoxy) is 2. The van der Waals surface area contributed by atoms with Crippen LogP contribution in [0.5, 0.6) is 11.5 Å². The van der Waals surface area contributed by atoms with Crippen molar-refractivity contribution in [2.24, 2.45) is 0 Å². The van der Waals surface area contributed by atoms with Crippen LogP contribution in [-0.2, 0) is 4.79 Å². The van der Waals surface area contributed by atoms with Crippen molar-refractivity contribution in [1.82, 2.24) is 9.97 Å². The molecular formula is C16H16N4O4S. The van der Waals surface area contributed by atoms with E-state index in [1.54, 1.807) is 25.1 Å². The average Bonchev–Trinajstić information content (AvgIpc) is 2.59. The molecule has 0 spiro atoms. The molecule has 0 aliphatic heterocycles. The molecule has 2 N–H and O–H groups in total. The first-order chi connectivity index (χ1) is 12.0. The van der Waals surface area contributed by atoms with Gasteiger partial charge in [-0.05, 0) is 6.92 Å². The van der Waals surface area contributed by atoms with E-state index in [0.717, 1.165) is 11.8 Å². The summed E-state index contributed by atoms with van der Waals surface area (Å²) in [6, 6.07) is 6.97. The lowest BCUT2D eigenvalue weighted by molar-refractivity contribution is -0.113. The van der Waals surface area contributed by atoms with Crippen molar-refractivity contribution < 1.29 is 14.3 Å². The van der Waals surface area contributed by atoms with Crippen LogP contribution in [0.15, 0.2) is 28.0 Å². The summed E-state index contributed by atoms with van der Waals surface area (Å²) in [5.41, 5.74) is 0.623. The van der Waals surface area contributed by atoms with Gasteiger partial charge in [-0.1, -0.05) is 11.8 Å². The molecule has 0 aliphatic carbocycles. The minimum atomic E-state index is -0.558. The van der Waals surface area contributed by atoms with Gasteiger partial charge in [0.25, 0.3) is 0 Å². The van der Waals surface area contributed by atoms with Crippen molar-refractivity contribution in [2.45, 2.75) is 11.9 Å². The highest BCUT2D eigenvalue weighted by Gasteiger charge is 2.13. The van der Waals surface area contributed by atoms with Gasteiger partial charge >= 0.3 is 5.69 Å². The predicted octanol–water partition coefficient (Wildman–Crippen LogP) is 1.70. The van der Waals surface area contributed by atoms with Crippen LogP contribution in [0.25, 0.3) is 0 Å². The van der Waals surface area contributed by atoms with Crippen molar-refractivity contribution >= 4 is 23.4 Å². The number of carbonyl (C=O) groups excluding carboxylic acids is 1. The largest absolute Gasteiger partial charge is 0.497 e. The molecule has 0 saturated heterocycles. The van der Waals surface area contributed by atoms with Crippen LogP contribution in [0.4, 0.5) is 5.69 Å². The van der Waals surface area contributed by atoms with E-state index < -0.39 is 5.69 Å². The van der Waals surface area contributed by atoms with Gasteiger partial charge in [-0.3, -0.25) is 4.79 Å². The van der Waals surface area contributed by atoms with Crippen molar-refractivity contribution in [3.05, 3.63) is 39.9 Å². The third-order valence-electron chi connectivity index (χ3n) is 3.17. The van der Waals surface area contributed by atoms with Gasteiger partial charge in [0.1, 0.15) is 28.2 Å². The number of aromatic amines is 1. The van der Waals surface area contributed by atoms with Crippen LogP contribution in [0.2, 0.25) is 0 Å². The number of nitrogens with zero attached hydrogens (tertiary/aromatic N) is 2.